The number of likely N-dealkylation sites (tertiary alicyclic amines) is 1. The summed E-state index contributed by atoms with van der Waals surface area (Å²) in [5.74, 6) is 0.299. The van der Waals surface area contributed by atoms with Gasteiger partial charge < -0.3 is 20.1 Å². The van der Waals surface area contributed by atoms with Gasteiger partial charge in [0.15, 0.2) is 0 Å². The highest BCUT2D eigenvalue weighted by Crippen LogP contribution is 2.19. The summed E-state index contributed by atoms with van der Waals surface area (Å²) in [5, 5.41) is 12.8. The zero-order valence-corrected chi connectivity index (χ0v) is 12.0. The summed E-state index contributed by atoms with van der Waals surface area (Å²) in [6.07, 6.45) is 0.0901. The fourth-order valence-electron chi connectivity index (χ4n) is 2.52. The molecule has 1 heterocycles. The van der Waals surface area contributed by atoms with Gasteiger partial charge in [0, 0.05) is 25.2 Å². The maximum atomic E-state index is 12.2. The van der Waals surface area contributed by atoms with Crippen LogP contribution in [-0.4, -0.2) is 49.3 Å². The molecule has 2 atom stereocenters. The molecule has 1 aliphatic heterocycles. The number of carbonyl (C=O) groups excluding carboxylic acids is 1. The molecule has 5 heteroatoms. The van der Waals surface area contributed by atoms with Gasteiger partial charge in [-0.1, -0.05) is 18.2 Å². The van der Waals surface area contributed by atoms with Gasteiger partial charge in [-0.2, -0.15) is 0 Å². The second-order valence-corrected chi connectivity index (χ2v) is 5.25. The maximum absolute atomic E-state index is 12.2. The minimum absolute atomic E-state index is 0.102. The zero-order chi connectivity index (χ0) is 14.5. The Hall–Kier alpha value is -1.59. The number of piperidine rings is 1. The quantitative estimate of drug-likeness (QED) is 0.848. The van der Waals surface area contributed by atoms with E-state index in [1.807, 2.05) is 31.3 Å². The predicted molar refractivity (Wildman–Crippen MR) is 76.5 cm³/mol. The molecule has 0 spiro atoms. The molecule has 1 aliphatic rings. The normalized spacial score (nSPS) is 23.4. The van der Waals surface area contributed by atoms with E-state index < -0.39 is 6.10 Å². The van der Waals surface area contributed by atoms with Crippen LogP contribution in [0.4, 0.5) is 0 Å². The molecule has 110 valence electrons. The molecular formula is C15H22N2O3. The van der Waals surface area contributed by atoms with Crippen molar-refractivity contribution in [3.05, 3.63) is 29.8 Å². The Bertz CT molecular complexity index is 464. The summed E-state index contributed by atoms with van der Waals surface area (Å²) in [7, 11) is 3.58. The van der Waals surface area contributed by atoms with Gasteiger partial charge >= 0.3 is 0 Å². The molecule has 0 aromatic heterocycles. The van der Waals surface area contributed by atoms with Crippen molar-refractivity contribution in [3.8, 4) is 5.75 Å². The third-order valence-electron chi connectivity index (χ3n) is 3.76. The van der Waals surface area contributed by atoms with Gasteiger partial charge in [-0.3, -0.25) is 4.79 Å². The van der Waals surface area contributed by atoms with E-state index in [0.29, 0.717) is 19.5 Å². The molecule has 0 radical (unpaired) electrons. The van der Waals surface area contributed by atoms with Crippen LogP contribution in [0.1, 0.15) is 12.0 Å². The summed E-state index contributed by atoms with van der Waals surface area (Å²) in [6, 6.07) is 7.59. The molecular weight excluding hydrogens is 256 g/mol. The molecule has 0 aliphatic carbocycles. The molecule has 5 nitrogen and oxygen atoms in total. The van der Waals surface area contributed by atoms with Gasteiger partial charge in [-0.25, -0.2) is 0 Å². The van der Waals surface area contributed by atoms with E-state index in [2.05, 4.69) is 10.2 Å². The number of hydrogen-bond acceptors (Lipinski definition) is 4. The summed E-state index contributed by atoms with van der Waals surface area (Å²) < 4.78 is 5.25. The number of rotatable bonds is 4. The number of nitrogens with one attached hydrogen (secondary N) is 1. The monoisotopic (exact) mass is 278 g/mol. The number of methoxy groups -OCH3 is 1. The Kier molecular flexibility index (Phi) is 4.98. The van der Waals surface area contributed by atoms with E-state index in [-0.39, 0.29) is 11.8 Å². The Morgan fingerprint density at radius 2 is 2.25 bits per heavy atom. The van der Waals surface area contributed by atoms with Crippen molar-refractivity contribution in [1.29, 1.82) is 0 Å². The predicted octanol–water partition coefficient (Wildman–Crippen LogP) is 0.624. The van der Waals surface area contributed by atoms with E-state index in [4.69, 9.17) is 4.74 Å². The number of nitrogens with zero attached hydrogens (tertiary/aromatic N) is 1. The molecule has 1 saturated heterocycles. The molecule has 20 heavy (non-hydrogen) atoms. The molecule has 0 saturated carbocycles. The molecule has 1 aromatic rings. The highest BCUT2D eigenvalue weighted by atomic mass is 16.5. The first kappa shape index (κ1) is 14.8. The maximum Gasteiger partial charge on any atom is 0.227 e. The van der Waals surface area contributed by atoms with Crippen molar-refractivity contribution in [3.63, 3.8) is 0 Å². The molecule has 2 N–H and O–H groups in total. The van der Waals surface area contributed by atoms with Crippen molar-refractivity contribution < 1.29 is 14.6 Å². The van der Waals surface area contributed by atoms with E-state index in [0.717, 1.165) is 17.9 Å². The summed E-state index contributed by atoms with van der Waals surface area (Å²) in [5.41, 5.74) is 0.932. The summed E-state index contributed by atoms with van der Waals surface area (Å²) in [4.78, 5) is 14.3. The Labute approximate surface area is 119 Å². The van der Waals surface area contributed by atoms with Crippen molar-refractivity contribution in [2.24, 2.45) is 5.92 Å². The first-order valence-electron chi connectivity index (χ1n) is 6.88. The summed E-state index contributed by atoms with van der Waals surface area (Å²) in [6.45, 7) is 1.84. The molecule has 1 aromatic carbocycles. The molecule has 0 bridgehead atoms. The highest BCUT2D eigenvalue weighted by molar-refractivity contribution is 5.79. The Morgan fingerprint density at radius 1 is 1.50 bits per heavy atom. The largest absolute Gasteiger partial charge is 0.496 e. The minimum Gasteiger partial charge on any atom is -0.496 e. The van der Waals surface area contributed by atoms with Gasteiger partial charge in [-0.05, 0) is 19.5 Å². The molecule has 1 fully saturated rings. The number of benzene rings is 1. The lowest BCUT2D eigenvalue weighted by atomic mass is 9.94. The number of amides is 1. The fourth-order valence-corrected chi connectivity index (χ4v) is 2.52. The smallest absolute Gasteiger partial charge is 0.227 e. The summed E-state index contributed by atoms with van der Waals surface area (Å²) >= 11 is 0. The fraction of sp³-hybridized carbons (Fsp3) is 0.533. The lowest BCUT2D eigenvalue weighted by Gasteiger charge is -2.32. The first-order valence-corrected chi connectivity index (χ1v) is 6.88. The van der Waals surface area contributed by atoms with Gasteiger partial charge in [0.25, 0.3) is 0 Å². The SMILES string of the molecule is COc1ccccc1CNC(=O)[C@@H]1CN(C)CC[C@H]1O. The second-order valence-electron chi connectivity index (χ2n) is 5.25. The van der Waals surface area contributed by atoms with Gasteiger partial charge in [-0.15, -0.1) is 0 Å². The van der Waals surface area contributed by atoms with Gasteiger partial charge in [0.2, 0.25) is 5.91 Å². The van der Waals surface area contributed by atoms with Crippen molar-refractivity contribution in [2.45, 2.75) is 19.1 Å². The lowest BCUT2D eigenvalue weighted by molar-refractivity contribution is -0.131. The molecule has 2 rings (SSSR count). The minimum atomic E-state index is -0.552. The van der Waals surface area contributed by atoms with Crippen LogP contribution < -0.4 is 10.1 Å². The van der Waals surface area contributed by atoms with Crippen LogP contribution in [0.5, 0.6) is 5.75 Å². The Morgan fingerprint density at radius 3 is 3.00 bits per heavy atom. The number of hydrogen-bond donors (Lipinski definition) is 2. The highest BCUT2D eigenvalue weighted by Gasteiger charge is 2.31. The molecule has 0 unspecified atom stereocenters. The number of para-hydroxylation sites is 1. The van der Waals surface area contributed by atoms with Crippen molar-refractivity contribution in [2.75, 3.05) is 27.2 Å². The third-order valence-corrected chi connectivity index (χ3v) is 3.76. The average molecular weight is 278 g/mol. The van der Waals surface area contributed by atoms with E-state index >= 15 is 0 Å². The third kappa shape index (κ3) is 3.49. The average Bonchev–Trinajstić information content (AvgIpc) is 2.47. The van der Waals surface area contributed by atoms with Gasteiger partial charge in [0.1, 0.15) is 5.75 Å². The number of aliphatic hydroxyl groups excluding tert-OH is 1. The van der Waals surface area contributed by atoms with Crippen LogP contribution in [0, 0.1) is 5.92 Å². The van der Waals surface area contributed by atoms with E-state index in [1.54, 1.807) is 7.11 Å². The van der Waals surface area contributed by atoms with Crippen LogP contribution in [0.2, 0.25) is 0 Å². The zero-order valence-electron chi connectivity index (χ0n) is 12.0. The molecule has 1 amide bonds. The lowest BCUT2D eigenvalue weighted by Crippen LogP contribution is -2.48. The second kappa shape index (κ2) is 6.72. The van der Waals surface area contributed by atoms with E-state index in [1.165, 1.54) is 0 Å². The topological polar surface area (TPSA) is 61.8 Å². The van der Waals surface area contributed by atoms with Crippen LogP contribution in [0.15, 0.2) is 24.3 Å². The first-order chi connectivity index (χ1) is 9.61. The number of aliphatic hydroxyl groups is 1. The van der Waals surface area contributed by atoms with E-state index in [9.17, 15) is 9.90 Å². The van der Waals surface area contributed by atoms with Gasteiger partial charge in [0.05, 0.1) is 19.1 Å². The van der Waals surface area contributed by atoms with Crippen LogP contribution in [0.3, 0.4) is 0 Å². The van der Waals surface area contributed by atoms with Crippen LogP contribution in [-0.2, 0) is 11.3 Å². The van der Waals surface area contributed by atoms with Crippen LogP contribution in [0.25, 0.3) is 0 Å². The van der Waals surface area contributed by atoms with Crippen molar-refractivity contribution >= 4 is 5.91 Å². The standard InChI is InChI=1S/C15H22N2O3/c1-17-8-7-13(18)12(10-17)15(19)16-9-11-5-3-4-6-14(11)20-2/h3-6,12-13,18H,7-10H2,1-2H3,(H,16,19)/t12-,13-/m1/s1. The number of carbonyl (C=O) groups is 1. The number of ether oxygens (including phenoxy) is 1. The van der Waals surface area contributed by atoms with Crippen molar-refractivity contribution in [1.82, 2.24) is 10.2 Å². The van der Waals surface area contributed by atoms with Crippen LogP contribution >= 0.6 is 0 Å². The Balaban J connectivity index is 1.94.